The van der Waals surface area contributed by atoms with Gasteiger partial charge in [0, 0.05) is 31.8 Å². The first-order chi connectivity index (χ1) is 13.9. The Morgan fingerprint density at radius 2 is 1.59 bits per heavy atom. The number of anilines is 1. The van der Waals surface area contributed by atoms with Crippen LogP contribution in [0, 0.1) is 0 Å². The standard InChI is InChI=1S/C22H19BrCl3NO2/c1-2-28-21-7-15(12-27-19-9-17(25)8-18(26)10-19)20(23)11-22(21)29-13-14-4-3-5-16(24)6-14/h3-11,27H,2,12-13H2,1H3. The van der Waals surface area contributed by atoms with Crippen LogP contribution in [0.2, 0.25) is 15.1 Å². The quantitative estimate of drug-likeness (QED) is 0.330. The van der Waals surface area contributed by atoms with Crippen molar-refractivity contribution in [3.63, 3.8) is 0 Å². The van der Waals surface area contributed by atoms with E-state index in [-0.39, 0.29) is 0 Å². The Kier molecular flexibility index (Phi) is 7.96. The second-order valence-electron chi connectivity index (χ2n) is 6.25. The van der Waals surface area contributed by atoms with Gasteiger partial charge in [-0.25, -0.2) is 0 Å². The molecule has 0 saturated heterocycles. The van der Waals surface area contributed by atoms with Crippen molar-refractivity contribution < 1.29 is 9.47 Å². The molecular weight excluding hydrogens is 497 g/mol. The Labute approximate surface area is 194 Å². The number of benzene rings is 3. The highest BCUT2D eigenvalue weighted by molar-refractivity contribution is 9.10. The Hall–Kier alpha value is -1.59. The molecule has 0 heterocycles. The van der Waals surface area contributed by atoms with Crippen LogP contribution in [-0.4, -0.2) is 6.61 Å². The van der Waals surface area contributed by atoms with Gasteiger partial charge in [0.05, 0.1) is 6.61 Å². The van der Waals surface area contributed by atoms with E-state index in [0.717, 1.165) is 21.3 Å². The van der Waals surface area contributed by atoms with E-state index in [2.05, 4.69) is 21.2 Å². The Morgan fingerprint density at radius 1 is 0.862 bits per heavy atom. The number of halogens is 4. The molecule has 0 unspecified atom stereocenters. The minimum atomic E-state index is 0.395. The molecule has 152 valence electrons. The fourth-order valence-corrected chi connectivity index (χ4v) is 3.94. The zero-order chi connectivity index (χ0) is 20.8. The summed E-state index contributed by atoms with van der Waals surface area (Å²) in [5, 5.41) is 5.17. The first kappa shape index (κ1) is 22.1. The SMILES string of the molecule is CCOc1cc(CNc2cc(Cl)cc(Cl)c2)c(Br)cc1OCc1cccc(Cl)c1. The lowest BCUT2D eigenvalue weighted by atomic mass is 10.2. The normalized spacial score (nSPS) is 10.7. The van der Waals surface area contributed by atoms with Crippen LogP contribution in [-0.2, 0) is 13.2 Å². The van der Waals surface area contributed by atoms with Crippen molar-refractivity contribution in [1.82, 2.24) is 0 Å². The van der Waals surface area contributed by atoms with Gasteiger partial charge < -0.3 is 14.8 Å². The summed E-state index contributed by atoms with van der Waals surface area (Å²) in [6.07, 6.45) is 0. The average molecular weight is 516 g/mol. The minimum Gasteiger partial charge on any atom is -0.490 e. The molecule has 3 aromatic carbocycles. The number of nitrogens with one attached hydrogen (secondary N) is 1. The predicted molar refractivity (Wildman–Crippen MR) is 125 cm³/mol. The summed E-state index contributed by atoms with van der Waals surface area (Å²) in [5.41, 5.74) is 2.84. The fourth-order valence-electron chi connectivity index (χ4n) is 2.73. The summed E-state index contributed by atoms with van der Waals surface area (Å²) in [6.45, 7) is 3.43. The van der Waals surface area contributed by atoms with Gasteiger partial charge in [-0.05, 0) is 60.5 Å². The lowest BCUT2D eigenvalue weighted by molar-refractivity contribution is 0.269. The molecule has 0 aliphatic carbocycles. The molecule has 0 fully saturated rings. The van der Waals surface area contributed by atoms with Crippen LogP contribution >= 0.6 is 50.7 Å². The van der Waals surface area contributed by atoms with E-state index < -0.39 is 0 Å². The van der Waals surface area contributed by atoms with Crippen LogP contribution in [0.3, 0.4) is 0 Å². The minimum absolute atomic E-state index is 0.395. The molecule has 3 rings (SSSR count). The lowest BCUT2D eigenvalue weighted by Gasteiger charge is -2.16. The van der Waals surface area contributed by atoms with Crippen molar-refractivity contribution in [2.24, 2.45) is 0 Å². The van der Waals surface area contributed by atoms with Crippen molar-refractivity contribution in [3.8, 4) is 11.5 Å². The summed E-state index contributed by atoms with van der Waals surface area (Å²) < 4.78 is 12.7. The van der Waals surface area contributed by atoms with E-state index in [1.165, 1.54) is 0 Å². The van der Waals surface area contributed by atoms with Crippen molar-refractivity contribution in [2.45, 2.75) is 20.1 Å². The van der Waals surface area contributed by atoms with Crippen LogP contribution in [0.4, 0.5) is 5.69 Å². The van der Waals surface area contributed by atoms with E-state index in [9.17, 15) is 0 Å². The van der Waals surface area contributed by atoms with Crippen LogP contribution < -0.4 is 14.8 Å². The summed E-state index contributed by atoms with van der Waals surface area (Å²) in [6, 6.07) is 16.8. The van der Waals surface area contributed by atoms with Gasteiger partial charge in [-0.1, -0.05) is 62.9 Å². The van der Waals surface area contributed by atoms with Crippen LogP contribution in [0.15, 0.2) is 59.1 Å². The molecule has 0 radical (unpaired) electrons. The highest BCUT2D eigenvalue weighted by Crippen LogP contribution is 2.35. The molecule has 0 aliphatic heterocycles. The van der Waals surface area contributed by atoms with Crippen LogP contribution in [0.5, 0.6) is 11.5 Å². The topological polar surface area (TPSA) is 30.5 Å². The van der Waals surface area contributed by atoms with Crippen molar-refractivity contribution >= 4 is 56.4 Å². The number of ether oxygens (including phenoxy) is 2. The van der Waals surface area contributed by atoms with Crippen molar-refractivity contribution in [3.05, 3.63) is 85.3 Å². The largest absolute Gasteiger partial charge is 0.490 e. The number of rotatable bonds is 8. The third-order valence-corrected chi connectivity index (χ3v) is 5.45. The van der Waals surface area contributed by atoms with Gasteiger partial charge in [0.2, 0.25) is 0 Å². The molecule has 0 spiro atoms. The van der Waals surface area contributed by atoms with E-state index >= 15 is 0 Å². The summed E-state index contributed by atoms with van der Waals surface area (Å²) >= 11 is 21.8. The van der Waals surface area contributed by atoms with Crippen LogP contribution in [0.1, 0.15) is 18.1 Å². The summed E-state index contributed by atoms with van der Waals surface area (Å²) in [7, 11) is 0. The third kappa shape index (κ3) is 6.45. The number of hydrogen-bond acceptors (Lipinski definition) is 3. The molecule has 0 aromatic heterocycles. The van der Waals surface area contributed by atoms with Gasteiger partial charge in [-0.15, -0.1) is 0 Å². The number of hydrogen-bond donors (Lipinski definition) is 1. The van der Waals surface area contributed by atoms with Gasteiger partial charge in [0.15, 0.2) is 11.5 Å². The lowest BCUT2D eigenvalue weighted by Crippen LogP contribution is -2.04. The maximum absolute atomic E-state index is 6.07. The summed E-state index contributed by atoms with van der Waals surface area (Å²) in [5.74, 6) is 1.34. The van der Waals surface area contributed by atoms with E-state index in [1.54, 1.807) is 6.07 Å². The van der Waals surface area contributed by atoms with E-state index in [4.69, 9.17) is 44.3 Å². The molecule has 29 heavy (non-hydrogen) atoms. The van der Waals surface area contributed by atoms with E-state index in [1.807, 2.05) is 55.5 Å². The Morgan fingerprint density at radius 3 is 2.28 bits per heavy atom. The molecule has 7 heteroatoms. The van der Waals surface area contributed by atoms with E-state index in [0.29, 0.717) is 46.3 Å². The molecule has 1 N–H and O–H groups in total. The molecule has 3 aromatic rings. The highest BCUT2D eigenvalue weighted by Gasteiger charge is 2.12. The molecule has 0 aliphatic rings. The van der Waals surface area contributed by atoms with Crippen molar-refractivity contribution in [1.29, 1.82) is 0 Å². The van der Waals surface area contributed by atoms with Gasteiger partial charge in [0.25, 0.3) is 0 Å². The second-order valence-corrected chi connectivity index (χ2v) is 8.42. The Balaban J connectivity index is 1.76. The molecular formula is C22H19BrCl3NO2. The first-order valence-electron chi connectivity index (χ1n) is 8.97. The maximum Gasteiger partial charge on any atom is 0.162 e. The molecule has 0 amide bonds. The highest BCUT2D eigenvalue weighted by atomic mass is 79.9. The monoisotopic (exact) mass is 513 g/mol. The zero-order valence-electron chi connectivity index (χ0n) is 15.6. The van der Waals surface area contributed by atoms with Crippen LogP contribution in [0.25, 0.3) is 0 Å². The van der Waals surface area contributed by atoms with Gasteiger partial charge in [-0.2, -0.15) is 0 Å². The molecule has 0 bridgehead atoms. The fraction of sp³-hybridized carbons (Fsp3) is 0.182. The summed E-state index contributed by atoms with van der Waals surface area (Å²) in [4.78, 5) is 0. The second kappa shape index (κ2) is 10.4. The molecule has 0 saturated carbocycles. The first-order valence-corrected chi connectivity index (χ1v) is 10.9. The smallest absolute Gasteiger partial charge is 0.162 e. The molecule has 3 nitrogen and oxygen atoms in total. The Bertz CT molecular complexity index is 978. The zero-order valence-corrected chi connectivity index (χ0v) is 19.5. The molecule has 0 atom stereocenters. The van der Waals surface area contributed by atoms with Crippen molar-refractivity contribution in [2.75, 3.05) is 11.9 Å². The van der Waals surface area contributed by atoms with Gasteiger partial charge in [0.1, 0.15) is 6.61 Å². The van der Waals surface area contributed by atoms with Gasteiger partial charge in [-0.3, -0.25) is 0 Å². The maximum atomic E-state index is 6.07. The predicted octanol–water partition coefficient (Wildman–Crippen LogP) is 8.00. The average Bonchev–Trinajstić information content (AvgIpc) is 2.66. The van der Waals surface area contributed by atoms with Gasteiger partial charge >= 0.3 is 0 Å². The third-order valence-electron chi connectivity index (χ3n) is 4.04.